The van der Waals surface area contributed by atoms with E-state index in [2.05, 4.69) is 187 Å². The molecule has 0 saturated heterocycles. The largest absolute Gasteiger partial charge is 0.456 e. The standard InChI is InChI=1S/C51H36N2O/c1-4-13-33(14-5-1)36-23-26-41-42-27-24-37(34-15-6-2-7-16-34)31-47(42)53(46(41)30-36)39-25-28-43-49(32-39)54-48-22-12-21-44(50(43)48)51-40-20-11-10-19-38(40)29-45(52-51)35-17-8-3-9-18-35/h1-17,19-28,30-32,35,45H,18,29H2/t35?,45-/m0/s1. The number of allylic oxidation sites excluding steroid dienone is 3. The maximum absolute atomic E-state index is 6.78. The van der Waals surface area contributed by atoms with E-state index in [0.29, 0.717) is 5.92 Å². The molecular weight excluding hydrogens is 657 g/mol. The first-order chi connectivity index (χ1) is 26.8. The fraction of sp³-hybridized carbons (Fsp3) is 0.0784. The quantitative estimate of drug-likeness (QED) is 0.177. The molecule has 11 rings (SSSR count). The molecule has 1 unspecified atom stereocenters. The van der Waals surface area contributed by atoms with Crippen LogP contribution in [0.4, 0.5) is 0 Å². The van der Waals surface area contributed by atoms with Crippen molar-refractivity contribution in [2.45, 2.75) is 18.9 Å². The molecule has 3 heteroatoms. The SMILES string of the molecule is C1=CCC([C@@H]2Cc3ccccc3C(c3cccc4oc5cc(-n6c7cc(-c8ccccc8)ccc7c7ccc(-c8ccccc8)cc76)ccc5c34)=N2)C=C1. The van der Waals surface area contributed by atoms with E-state index in [1.54, 1.807) is 0 Å². The maximum atomic E-state index is 6.78. The number of hydrogen-bond donors (Lipinski definition) is 0. The molecule has 2 aromatic heterocycles. The minimum Gasteiger partial charge on any atom is -0.456 e. The van der Waals surface area contributed by atoms with Crippen molar-refractivity contribution in [3.8, 4) is 27.9 Å². The van der Waals surface area contributed by atoms with Gasteiger partial charge in [0.2, 0.25) is 0 Å². The molecule has 2 aliphatic rings. The maximum Gasteiger partial charge on any atom is 0.137 e. The molecule has 9 aromatic rings. The minimum absolute atomic E-state index is 0.188. The van der Waals surface area contributed by atoms with Crippen LogP contribution in [0.15, 0.2) is 191 Å². The highest BCUT2D eigenvalue weighted by molar-refractivity contribution is 6.25. The summed E-state index contributed by atoms with van der Waals surface area (Å²) in [6, 6.07) is 57.1. The molecule has 3 heterocycles. The predicted molar refractivity (Wildman–Crippen MR) is 225 cm³/mol. The zero-order valence-electron chi connectivity index (χ0n) is 29.7. The normalized spacial score (nSPS) is 16.7. The van der Waals surface area contributed by atoms with E-state index in [1.165, 1.54) is 55.2 Å². The first-order valence-corrected chi connectivity index (χ1v) is 18.9. The van der Waals surface area contributed by atoms with Gasteiger partial charge >= 0.3 is 0 Å². The van der Waals surface area contributed by atoms with Crippen molar-refractivity contribution in [1.29, 1.82) is 0 Å². The number of rotatable bonds is 5. The lowest BCUT2D eigenvalue weighted by Crippen LogP contribution is -2.28. The second kappa shape index (κ2) is 12.5. The van der Waals surface area contributed by atoms with E-state index in [9.17, 15) is 0 Å². The highest BCUT2D eigenvalue weighted by Gasteiger charge is 2.28. The molecule has 0 saturated carbocycles. The molecule has 0 radical (unpaired) electrons. The molecule has 0 spiro atoms. The molecule has 7 aromatic carbocycles. The molecular formula is C51H36N2O. The van der Waals surface area contributed by atoms with Crippen molar-refractivity contribution < 1.29 is 4.42 Å². The van der Waals surface area contributed by atoms with Gasteiger partial charge in [-0.25, -0.2) is 0 Å². The third-order valence-corrected chi connectivity index (χ3v) is 11.5. The minimum atomic E-state index is 0.188. The summed E-state index contributed by atoms with van der Waals surface area (Å²) in [5, 5.41) is 4.67. The molecule has 1 aliphatic heterocycles. The van der Waals surface area contributed by atoms with Crippen molar-refractivity contribution in [2.75, 3.05) is 0 Å². The van der Waals surface area contributed by atoms with E-state index in [-0.39, 0.29) is 6.04 Å². The van der Waals surface area contributed by atoms with Gasteiger partial charge in [0.15, 0.2) is 0 Å². The Kier molecular flexibility index (Phi) is 7.12. The summed E-state index contributed by atoms with van der Waals surface area (Å²) in [5.41, 5.74) is 14.7. The van der Waals surface area contributed by atoms with Gasteiger partial charge in [-0.3, -0.25) is 4.99 Å². The van der Waals surface area contributed by atoms with E-state index >= 15 is 0 Å². The van der Waals surface area contributed by atoms with Crippen LogP contribution >= 0.6 is 0 Å². The van der Waals surface area contributed by atoms with E-state index < -0.39 is 0 Å². The van der Waals surface area contributed by atoms with Crippen LogP contribution < -0.4 is 0 Å². The van der Waals surface area contributed by atoms with Crippen molar-refractivity contribution in [2.24, 2.45) is 10.9 Å². The summed E-state index contributed by atoms with van der Waals surface area (Å²) in [6.07, 6.45) is 10.9. The molecule has 0 N–H and O–H groups in total. The van der Waals surface area contributed by atoms with Crippen molar-refractivity contribution in [3.63, 3.8) is 0 Å². The summed E-state index contributed by atoms with van der Waals surface area (Å²) < 4.78 is 9.19. The number of furan rings is 1. The Morgan fingerprint density at radius 3 is 1.91 bits per heavy atom. The van der Waals surface area contributed by atoms with Crippen LogP contribution in [0, 0.1) is 5.92 Å². The summed E-state index contributed by atoms with van der Waals surface area (Å²) in [6.45, 7) is 0. The van der Waals surface area contributed by atoms with Gasteiger partial charge in [-0.15, -0.1) is 0 Å². The Labute approximate surface area is 313 Å². The molecule has 3 nitrogen and oxygen atoms in total. The molecule has 54 heavy (non-hydrogen) atoms. The Bertz CT molecular complexity index is 2900. The Balaban J connectivity index is 1.11. The number of hydrogen-bond acceptors (Lipinski definition) is 2. The van der Waals surface area contributed by atoms with Crippen molar-refractivity contribution in [1.82, 2.24) is 4.57 Å². The van der Waals surface area contributed by atoms with Crippen LogP contribution in [-0.4, -0.2) is 16.3 Å². The summed E-state index contributed by atoms with van der Waals surface area (Å²) in [5.74, 6) is 0.386. The van der Waals surface area contributed by atoms with Gasteiger partial charge in [0.1, 0.15) is 11.2 Å². The van der Waals surface area contributed by atoms with E-state index in [0.717, 1.165) is 51.7 Å². The highest BCUT2D eigenvalue weighted by atomic mass is 16.3. The van der Waals surface area contributed by atoms with Gasteiger partial charge in [0.05, 0.1) is 22.8 Å². The first-order valence-electron chi connectivity index (χ1n) is 18.9. The number of aliphatic imine (C=N–C) groups is 1. The van der Waals surface area contributed by atoms with E-state index in [1.807, 2.05) is 0 Å². The van der Waals surface area contributed by atoms with Gasteiger partial charge < -0.3 is 8.98 Å². The lowest BCUT2D eigenvalue weighted by Gasteiger charge is -2.29. The summed E-state index contributed by atoms with van der Waals surface area (Å²) in [7, 11) is 0. The zero-order valence-corrected chi connectivity index (χ0v) is 29.7. The third-order valence-electron chi connectivity index (χ3n) is 11.5. The molecule has 1 aliphatic carbocycles. The van der Waals surface area contributed by atoms with Crippen LogP contribution in [0.3, 0.4) is 0 Å². The first kappa shape index (κ1) is 30.9. The highest BCUT2D eigenvalue weighted by Crippen LogP contribution is 2.40. The van der Waals surface area contributed by atoms with Crippen LogP contribution in [0.25, 0.3) is 71.7 Å². The molecule has 0 fully saturated rings. The Hall–Kier alpha value is -6.71. The average molecular weight is 693 g/mol. The second-order valence-electron chi connectivity index (χ2n) is 14.6. The predicted octanol–water partition coefficient (Wildman–Crippen LogP) is 12.9. The smallest absolute Gasteiger partial charge is 0.137 e. The van der Waals surface area contributed by atoms with Crippen molar-refractivity contribution in [3.05, 3.63) is 199 Å². The van der Waals surface area contributed by atoms with Crippen molar-refractivity contribution >= 4 is 49.5 Å². The van der Waals surface area contributed by atoms with Gasteiger partial charge in [0.25, 0.3) is 0 Å². The van der Waals surface area contributed by atoms with Crippen LogP contribution in [0.1, 0.15) is 23.1 Å². The third kappa shape index (κ3) is 5.00. The molecule has 2 atom stereocenters. The number of fused-ring (bicyclic) bond motifs is 7. The fourth-order valence-electron chi connectivity index (χ4n) is 8.85. The topological polar surface area (TPSA) is 30.4 Å². The monoisotopic (exact) mass is 692 g/mol. The Morgan fingerprint density at radius 1 is 0.537 bits per heavy atom. The summed E-state index contributed by atoms with van der Waals surface area (Å²) in [4.78, 5) is 5.53. The zero-order chi connectivity index (χ0) is 35.6. The molecule has 256 valence electrons. The van der Waals surface area contributed by atoms with Gasteiger partial charge in [-0.05, 0) is 71.0 Å². The van der Waals surface area contributed by atoms with E-state index in [4.69, 9.17) is 9.41 Å². The fourth-order valence-corrected chi connectivity index (χ4v) is 8.85. The average Bonchev–Trinajstić information content (AvgIpc) is 3.79. The Morgan fingerprint density at radius 2 is 1.20 bits per heavy atom. The number of benzene rings is 7. The van der Waals surface area contributed by atoms with Crippen LogP contribution in [-0.2, 0) is 6.42 Å². The van der Waals surface area contributed by atoms with Gasteiger partial charge in [-0.2, -0.15) is 0 Å². The second-order valence-corrected chi connectivity index (χ2v) is 14.6. The van der Waals surface area contributed by atoms with Crippen LogP contribution in [0.5, 0.6) is 0 Å². The lowest BCUT2D eigenvalue weighted by molar-refractivity contribution is 0.498. The van der Waals surface area contributed by atoms with Crippen LogP contribution in [0.2, 0.25) is 0 Å². The van der Waals surface area contributed by atoms with Gasteiger partial charge in [0, 0.05) is 50.3 Å². The molecule has 0 amide bonds. The number of nitrogens with zero attached hydrogens (tertiary/aromatic N) is 2. The summed E-state index contributed by atoms with van der Waals surface area (Å²) >= 11 is 0. The number of aromatic nitrogens is 1. The molecule has 0 bridgehead atoms. The van der Waals surface area contributed by atoms with Gasteiger partial charge in [-0.1, -0.05) is 146 Å². The lowest BCUT2D eigenvalue weighted by atomic mass is 9.83.